The van der Waals surface area contributed by atoms with Gasteiger partial charge in [0.1, 0.15) is 0 Å². The number of fused-ring (bicyclic) bond motifs is 1. The number of allylic oxidation sites excluding steroid dienone is 3. The van der Waals surface area contributed by atoms with E-state index in [1.165, 1.54) is 18.4 Å². The smallest absolute Gasteiger partial charge is 0.0680 e. The monoisotopic (exact) mass is 150 g/mol. The summed E-state index contributed by atoms with van der Waals surface area (Å²) in [6.07, 6.45) is 10.5. The van der Waals surface area contributed by atoms with E-state index in [0.29, 0.717) is 0 Å². The van der Waals surface area contributed by atoms with Gasteiger partial charge in [0, 0.05) is 5.92 Å². The van der Waals surface area contributed by atoms with Crippen LogP contribution in [0.3, 0.4) is 0 Å². The molecule has 0 aromatic carbocycles. The zero-order valence-corrected chi connectivity index (χ0v) is 6.75. The molecule has 1 aliphatic heterocycles. The maximum absolute atomic E-state index is 5.41. The average molecular weight is 150 g/mol. The van der Waals surface area contributed by atoms with Crippen LogP contribution in [0.2, 0.25) is 0 Å². The summed E-state index contributed by atoms with van der Waals surface area (Å²) in [6.45, 7) is 1.85. The van der Waals surface area contributed by atoms with Gasteiger partial charge in [-0.3, -0.25) is 0 Å². The van der Waals surface area contributed by atoms with Crippen molar-refractivity contribution in [3.05, 3.63) is 23.8 Å². The second kappa shape index (κ2) is 3.22. The molecule has 60 valence electrons. The van der Waals surface area contributed by atoms with E-state index >= 15 is 0 Å². The number of ether oxygens (including phenoxy) is 1. The Balaban J connectivity index is 2.10. The minimum absolute atomic E-state index is 0.736. The molecule has 0 N–H and O–H groups in total. The van der Waals surface area contributed by atoms with Crippen LogP contribution in [0.4, 0.5) is 0 Å². The Morgan fingerprint density at radius 2 is 2.36 bits per heavy atom. The molecule has 2 aliphatic rings. The molecule has 0 bridgehead atoms. The minimum Gasteiger partial charge on any atom is -0.376 e. The predicted octanol–water partition coefficient (Wildman–Crippen LogP) is 2.30. The Morgan fingerprint density at radius 1 is 1.36 bits per heavy atom. The number of hydrogen-bond donors (Lipinski definition) is 0. The average Bonchev–Trinajstić information content (AvgIpc) is 2.35. The van der Waals surface area contributed by atoms with Gasteiger partial charge in [-0.1, -0.05) is 18.2 Å². The van der Waals surface area contributed by atoms with Gasteiger partial charge in [0.25, 0.3) is 0 Å². The van der Waals surface area contributed by atoms with E-state index in [2.05, 4.69) is 18.2 Å². The third-order valence-corrected chi connectivity index (χ3v) is 2.48. The number of rotatable bonds is 0. The molecule has 0 spiro atoms. The van der Waals surface area contributed by atoms with E-state index < -0.39 is 0 Å². The molecule has 1 saturated heterocycles. The molecule has 2 rings (SSSR count). The highest BCUT2D eigenvalue weighted by molar-refractivity contribution is 5.14. The largest absolute Gasteiger partial charge is 0.376 e. The lowest BCUT2D eigenvalue weighted by Gasteiger charge is -2.09. The molecule has 1 heteroatoms. The van der Waals surface area contributed by atoms with Crippen molar-refractivity contribution in [2.24, 2.45) is 5.92 Å². The first-order valence-electron chi connectivity index (χ1n) is 4.38. The minimum atomic E-state index is 0.736. The Kier molecular flexibility index (Phi) is 2.08. The molecule has 0 aromatic rings. The van der Waals surface area contributed by atoms with Crippen molar-refractivity contribution >= 4 is 0 Å². The Hall–Kier alpha value is -0.560. The van der Waals surface area contributed by atoms with Crippen LogP contribution >= 0.6 is 0 Å². The normalized spacial score (nSPS) is 38.2. The summed E-state index contributed by atoms with van der Waals surface area (Å²) in [6, 6.07) is 0. The number of hydrogen-bond acceptors (Lipinski definition) is 1. The second-order valence-corrected chi connectivity index (χ2v) is 3.28. The summed E-state index contributed by atoms with van der Waals surface area (Å²) < 4.78 is 5.41. The molecule has 11 heavy (non-hydrogen) atoms. The summed E-state index contributed by atoms with van der Waals surface area (Å²) in [5.41, 5.74) is 1.54. The molecule has 1 nitrogen and oxygen atoms in total. The maximum Gasteiger partial charge on any atom is 0.0680 e. The van der Waals surface area contributed by atoms with Crippen LogP contribution in [-0.2, 0) is 4.74 Å². The van der Waals surface area contributed by atoms with Crippen LogP contribution in [0.5, 0.6) is 0 Å². The molecule has 0 saturated carbocycles. The van der Waals surface area contributed by atoms with Crippen molar-refractivity contribution in [2.45, 2.75) is 19.3 Å². The van der Waals surface area contributed by atoms with Gasteiger partial charge in [0.05, 0.1) is 13.2 Å². The zero-order valence-electron chi connectivity index (χ0n) is 6.75. The molecule has 0 amide bonds. The second-order valence-electron chi connectivity index (χ2n) is 3.28. The summed E-state index contributed by atoms with van der Waals surface area (Å²) in [4.78, 5) is 0. The van der Waals surface area contributed by atoms with Crippen LogP contribution in [0.1, 0.15) is 19.3 Å². The molecule has 1 heterocycles. The predicted molar refractivity (Wildman–Crippen MR) is 45.4 cm³/mol. The first-order valence-corrected chi connectivity index (χ1v) is 4.38. The van der Waals surface area contributed by atoms with Crippen molar-refractivity contribution in [2.75, 3.05) is 13.2 Å². The van der Waals surface area contributed by atoms with E-state index in [0.717, 1.165) is 25.6 Å². The van der Waals surface area contributed by atoms with Crippen molar-refractivity contribution in [3.8, 4) is 0 Å². The molecule has 0 radical (unpaired) electrons. The molecule has 1 atom stereocenters. The van der Waals surface area contributed by atoms with Gasteiger partial charge in [-0.25, -0.2) is 0 Å². The van der Waals surface area contributed by atoms with Gasteiger partial charge < -0.3 is 4.74 Å². The Morgan fingerprint density at radius 3 is 3.36 bits per heavy atom. The molecular formula is C10H14O. The first-order chi connectivity index (χ1) is 5.47. The zero-order chi connectivity index (χ0) is 7.52. The lowest BCUT2D eigenvalue weighted by Crippen LogP contribution is -2.02. The van der Waals surface area contributed by atoms with Crippen LogP contribution in [0, 0.1) is 5.92 Å². The van der Waals surface area contributed by atoms with Gasteiger partial charge in [-0.05, 0) is 24.8 Å². The first kappa shape index (κ1) is 7.11. The summed E-state index contributed by atoms with van der Waals surface area (Å²) in [5.74, 6) is 0.736. The third-order valence-electron chi connectivity index (χ3n) is 2.48. The van der Waals surface area contributed by atoms with Crippen molar-refractivity contribution < 1.29 is 4.74 Å². The fourth-order valence-electron chi connectivity index (χ4n) is 1.77. The van der Waals surface area contributed by atoms with Gasteiger partial charge in [0.15, 0.2) is 0 Å². The van der Waals surface area contributed by atoms with Gasteiger partial charge in [0.2, 0.25) is 0 Å². The van der Waals surface area contributed by atoms with E-state index in [9.17, 15) is 0 Å². The lowest BCUT2D eigenvalue weighted by atomic mass is 9.94. The summed E-state index contributed by atoms with van der Waals surface area (Å²) in [5, 5.41) is 0. The van der Waals surface area contributed by atoms with Gasteiger partial charge in [-0.15, -0.1) is 0 Å². The van der Waals surface area contributed by atoms with Crippen LogP contribution in [0.25, 0.3) is 0 Å². The van der Waals surface area contributed by atoms with E-state index in [1.54, 1.807) is 0 Å². The Labute approximate surface area is 67.7 Å². The SMILES string of the molecule is C1=C\CCC2COC/C2=C/C/1. The molecule has 1 fully saturated rings. The molecule has 1 unspecified atom stereocenters. The van der Waals surface area contributed by atoms with E-state index in [1.807, 2.05) is 0 Å². The fraction of sp³-hybridized carbons (Fsp3) is 0.600. The summed E-state index contributed by atoms with van der Waals surface area (Å²) in [7, 11) is 0. The van der Waals surface area contributed by atoms with Crippen LogP contribution in [0.15, 0.2) is 23.8 Å². The summed E-state index contributed by atoms with van der Waals surface area (Å²) >= 11 is 0. The van der Waals surface area contributed by atoms with Crippen LogP contribution in [-0.4, -0.2) is 13.2 Å². The lowest BCUT2D eigenvalue weighted by molar-refractivity contribution is 0.186. The van der Waals surface area contributed by atoms with Gasteiger partial charge in [-0.2, -0.15) is 0 Å². The highest BCUT2D eigenvalue weighted by atomic mass is 16.5. The van der Waals surface area contributed by atoms with Crippen molar-refractivity contribution in [1.29, 1.82) is 0 Å². The quantitative estimate of drug-likeness (QED) is 0.481. The maximum atomic E-state index is 5.41. The van der Waals surface area contributed by atoms with Crippen molar-refractivity contribution in [1.82, 2.24) is 0 Å². The molecule has 0 aromatic heterocycles. The molecular weight excluding hydrogens is 136 g/mol. The topological polar surface area (TPSA) is 9.23 Å². The van der Waals surface area contributed by atoms with Crippen molar-refractivity contribution in [3.63, 3.8) is 0 Å². The third kappa shape index (κ3) is 1.54. The highest BCUT2D eigenvalue weighted by Crippen LogP contribution is 2.26. The fourth-order valence-corrected chi connectivity index (χ4v) is 1.77. The standard InChI is InChI=1S/C10H14O/c1-2-4-6-10-8-11-7-9(10)5-3-1/h1-2,5,10H,3-4,6-8H2/b2-1-,9-5-. The van der Waals surface area contributed by atoms with Crippen LogP contribution < -0.4 is 0 Å². The Bertz CT molecular complexity index is 191. The van der Waals surface area contributed by atoms with E-state index in [-0.39, 0.29) is 0 Å². The molecule has 1 aliphatic carbocycles. The highest BCUT2D eigenvalue weighted by Gasteiger charge is 2.20. The van der Waals surface area contributed by atoms with Gasteiger partial charge >= 0.3 is 0 Å². The van der Waals surface area contributed by atoms with E-state index in [4.69, 9.17) is 4.74 Å².